The smallest absolute Gasteiger partial charge is 0.0572 e. The Morgan fingerprint density at radius 1 is 1.44 bits per heavy atom. The van der Waals surface area contributed by atoms with Gasteiger partial charge in [0, 0.05) is 19.8 Å². The van der Waals surface area contributed by atoms with E-state index in [9.17, 15) is 0 Å². The molecule has 0 fully saturated rings. The summed E-state index contributed by atoms with van der Waals surface area (Å²) in [5.41, 5.74) is 2.80. The van der Waals surface area contributed by atoms with Crippen molar-refractivity contribution in [1.29, 1.82) is 0 Å². The topological polar surface area (TPSA) is 30.5 Å². The molecule has 56 valence electrons. The fourth-order valence-electron chi connectivity index (χ4n) is 0.555. The average Bonchev–Trinajstić information content (AvgIpc) is 1.85. The number of methoxy groups -OCH3 is 1. The zero-order chi connectivity index (χ0) is 7.11. The Labute approximate surface area is 56.3 Å². The molecule has 0 aliphatic rings. The van der Waals surface area contributed by atoms with Crippen molar-refractivity contribution in [3.05, 3.63) is 0 Å². The van der Waals surface area contributed by atoms with E-state index in [0.717, 1.165) is 13.0 Å². The van der Waals surface area contributed by atoms with E-state index in [-0.39, 0.29) is 0 Å². The monoisotopic (exact) mass is 133 g/mol. The molecule has 0 radical (unpaired) electrons. The fraction of sp³-hybridized carbons (Fsp3) is 1.00. The molecule has 0 saturated carbocycles. The highest BCUT2D eigenvalue weighted by atomic mass is 16.6. The molecule has 3 nitrogen and oxygen atoms in total. The van der Waals surface area contributed by atoms with Crippen molar-refractivity contribution in [1.82, 2.24) is 5.48 Å². The van der Waals surface area contributed by atoms with Gasteiger partial charge in [-0.25, -0.2) is 5.48 Å². The van der Waals surface area contributed by atoms with Crippen molar-refractivity contribution in [2.24, 2.45) is 0 Å². The molecule has 0 rings (SSSR count). The largest absolute Gasteiger partial charge is 0.385 e. The molecule has 0 spiro atoms. The SMILES string of the molecule is COCCC(C)NOC. The Bertz CT molecular complexity index is 59.0. The van der Waals surface area contributed by atoms with E-state index in [2.05, 4.69) is 5.48 Å². The summed E-state index contributed by atoms with van der Waals surface area (Å²) < 4.78 is 4.86. The minimum Gasteiger partial charge on any atom is -0.385 e. The van der Waals surface area contributed by atoms with E-state index in [1.165, 1.54) is 0 Å². The van der Waals surface area contributed by atoms with Gasteiger partial charge in [-0.05, 0) is 13.3 Å². The van der Waals surface area contributed by atoms with Crippen LogP contribution in [-0.4, -0.2) is 26.9 Å². The van der Waals surface area contributed by atoms with Crippen LogP contribution in [0.3, 0.4) is 0 Å². The first-order valence-electron chi connectivity index (χ1n) is 3.08. The van der Waals surface area contributed by atoms with Crippen LogP contribution in [0, 0.1) is 0 Å². The second-order valence-corrected chi connectivity index (χ2v) is 2.00. The van der Waals surface area contributed by atoms with Crippen molar-refractivity contribution < 1.29 is 9.57 Å². The highest BCUT2D eigenvalue weighted by Crippen LogP contribution is 1.88. The number of hydrogen-bond donors (Lipinski definition) is 1. The lowest BCUT2D eigenvalue weighted by Crippen LogP contribution is -2.25. The normalized spacial score (nSPS) is 13.7. The molecule has 0 bridgehead atoms. The Morgan fingerprint density at radius 2 is 2.11 bits per heavy atom. The summed E-state index contributed by atoms with van der Waals surface area (Å²) in [7, 11) is 3.31. The Morgan fingerprint density at radius 3 is 2.56 bits per heavy atom. The van der Waals surface area contributed by atoms with Crippen LogP contribution < -0.4 is 5.48 Å². The summed E-state index contributed by atoms with van der Waals surface area (Å²) in [4.78, 5) is 4.70. The minimum atomic E-state index is 0.370. The van der Waals surface area contributed by atoms with Gasteiger partial charge >= 0.3 is 0 Å². The Hall–Kier alpha value is -0.120. The van der Waals surface area contributed by atoms with Crippen LogP contribution in [0.1, 0.15) is 13.3 Å². The lowest BCUT2D eigenvalue weighted by atomic mass is 10.3. The van der Waals surface area contributed by atoms with Gasteiger partial charge in [0.05, 0.1) is 7.11 Å². The second kappa shape index (κ2) is 6.01. The van der Waals surface area contributed by atoms with Crippen LogP contribution in [0.4, 0.5) is 0 Å². The van der Waals surface area contributed by atoms with E-state index in [1.54, 1.807) is 14.2 Å². The summed E-state index contributed by atoms with van der Waals surface area (Å²) in [6, 6.07) is 0.370. The summed E-state index contributed by atoms with van der Waals surface area (Å²) in [5.74, 6) is 0. The number of hydroxylamine groups is 1. The van der Waals surface area contributed by atoms with Crippen molar-refractivity contribution in [3.63, 3.8) is 0 Å². The van der Waals surface area contributed by atoms with Gasteiger partial charge in [0.15, 0.2) is 0 Å². The number of rotatable bonds is 5. The standard InChI is InChI=1S/C6H15NO2/c1-6(7-9-3)4-5-8-2/h6-7H,4-5H2,1-3H3. The first-order valence-corrected chi connectivity index (χ1v) is 3.08. The maximum Gasteiger partial charge on any atom is 0.0572 e. The third kappa shape index (κ3) is 5.76. The predicted molar refractivity (Wildman–Crippen MR) is 36.1 cm³/mol. The molecule has 0 saturated heterocycles. The lowest BCUT2D eigenvalue weighted by molar-refractivity contribution is 0.0540. The zero-order valence-electron chi connectivity index (χ0n) is 6.31. The maximum atomic E-state index is 4.86. The van der Waals surface area contributed by atoms with Crippen LogP contribution in [0.15, 0.2) is 0 Å². The molecule has 0 aromatic carbocycles. The molecule has 0 aliphatic heterocycles. The number of nitrogens with one attached hydrogen (secondary N) is 1. The number of ether oxygens (including phenoxy) is 1. The third-order valence-corrected chi connectivity index (χ3v) is 1.07. The highest BCUT2D eigenvalue weighted by Gasteiger charge is 1.97. The zero-order valence-corrected chi connectivity index (χ0v) is 6.31. The first kappa shape index (κ1) is 8.88. The lowest BCUT2D eigenvalue weighted by Gasteiger charge is -2.09. The molecule has 3 heteroatoms. The molecule has 1 atom stereocenters. The predicted octanol–water partition coefficient (Wildman–Crippen LogP) is 0.562. The molecule has 0 amide bonds. The van der Waals surface area contributed by atoms with Crippen LogP contribution >= 0.6 is 0 Å². The highest BCUT2D eigenvalue weighted by molar-refractivity contribution is 4.51. The quantitative estimate of drug-likeness (QED) is 0.556. The van der Waals surface area contributed by atoms with Gasteiger partial charge < -0.3 is 9.57 Å². The molecule has 0 heterocycles. The van der Waals surface area contributed by atoms with Gasteiger partial charge in [-0.1, -0.05) is 0 Å². The molecule has 1 N–H and O–H groups in total. The van der Waals surface area contributed by atoms with E-state index in [4.69, 9.17) is 9.57 Å². The summed E-state index contributed by atoms with van der Waals surface area (Å²) in [6.07, 6.45) is 0.977. The van der Waals surface area contributed by atoms with Gasteiger partial charge in [-0.3, -0.25) is 0 Å². The maximum absolute atomic E-state index is 4.86. The van der Waals surface area contributed by atoms with E-state index in [0.29, 0.717) is 6.04 Å². The third-order valence-electron chi connectivity index (χ3n) is 1.07. The summed E-state index contributed by atoms with van der Waals surface area (Å²) >= 11 is 0. The van der Waals surface area contributed by atoms with Crippen LogP contribution in [0.5, 0.6) is 0 Å². The van der Waals surface area contributed by atoms with Gasteiger partial charge in [-0.15, -0.1) is 0 Å². The van der Waals surface area contributed by atoms with E-state index in [1.807, 2.05) is 6.92 Å². The van der Waals surface area contributed by atoms with Crippen molar-refractivity contribution in [2.45, 2.75) is 19.4 Å². The van der Waals surface area contributed by atoms with E-state index < -0.39 is 0 Å². The van der Waals surface area contributed by atoms with E-state index >= 15 is 0 Å². The Balaban J connectivity index is 2.95. The summed E-state index contributed by atoms with van der Waals surface area (Å²) in [6.45, 7) is 2.82. The molecule has 0 aromatic heterocycles. The molecule has 9 heavy (non-hydrogen) atoms. The second-order valence-electron chi connectivity index (χ2n) is 2.00. The minimum absolute atomic E-state index is 0.370. The van der Waals surface area contributed by atoms with Gasteiger partial charge in [0.1, 0.15) is 0 Å². The first-order chi connectivity index (χ1) is 4.31. The van der Waals surface area contributed by atoms with Crippen LogP contribution in [0.2, 0.25) is 0 Å². The van der Waals surface area contributed by atoms with Crippen molar-refractivity contribution >= 4 is 0 Å². The molecule has 0 aromatic rings. The van der Waals surface area contributed by atoms with Gasteiger partial charge in [0.25, 0.3) is 0 Å². The number of hydrogen-bond acceptors (Lipinski definition) is 3. The average molecular weight is 133 g/mol. The van der Waals surface area contributed by atoms with Crippen molar-refractivity contribution in [3.8, 4) is 0 Å². The van der Waals surface area contributed by atoms with Gasteiger partial charge in [0.2, 0.25) is 0 Å². The fourth-order valence-corrected chi connectivity index (χ4v) is 0.555. The molecule has 1 unspecified atom stereocenters. The molecule has 0 aliphatic carbocycles. The molecular weight excluding hydrogens is 118 g/mol. The molecular formula is C6H15NO2. The van der Waals surface area contributed by atoms with Gasteiger partial charge in [-0.2, -0.15) is 0 Å². The van der Waals surface area contributed by atoms with Crippen LogP contribution in [0.25, 0.3) is 0 Å². The summed E-state index contributed by atoms with van der Waals surface area (Å²) in [5, 5.41) is 0. The Kier molecular flexibility index (Phi) is 5.93. The van der Waals surface area contributed by atoms with Crippen molar-refractivity contribution in [2.75, 3.05) is 20.8 Å². The van der Waals surface area contributed by atoms with Crippen LogP contribution in [-0.2, 0) is 9.57 Å².